The van der Waals surface area contributed by atoms with E-state index in [1.54, 1.807) is 12.2 Å². The number of pyridine rings is 1. The second-order valence-electron chi connectivity index (χ2n) is 7.93. The number of aromatic nitrogens is 4. The molecular weight excluding hydrogens is 340 g/mol. The van der Waals surface area contributed by atoms with Crippen LogP contribution >= 0.6 is 0 Å². The molecule has 3 heterocycles. The number of aryl methyl sites for hydroxylation is 1. The predicted octanol–water partition coefficient (Wildman–Crippen LogP) is 1.25. The average molecular weight is 364 g/mol. The van der Waals surface area contributed by atoms with Crippen LogP contribution in [0.4, 0.5) is 11.6 Å². The molecule has 0 saturated carbocycles. The molecule has 1 aliphatic heterocycles. The molecule has 0 saturated heterocycles. The molecule has 0 fully saturated rings. The molecule has 2 aromatic heterocycles. The lowest BCUT2D eigenvalue weighted by atomic mass is 9.88. The number of anilines is 2. The summed E-state index contributed by atoms with van der Waals surface area (Å²) in [4.78, 5) is 20.2. The van der Waals surface area contributed by atoms with Crippen molar-refractivity contribution in [3.8, 4) is 0 Å². The topological polar surface area (TPSA) is 133 Å². The maximum atomic E-state index is 6.53. The van der Waals surface area contributed by atoms with Crippen LogP contribution in [0.25, 0.3) is 0 Å². The van der Waals surface area contributed by atoms with Gasteiger partial charge in [-0.15, -0.1) is 0 Å². The Morgan fingerprint density at radius 3 is 2.63 bits per heavy atom. The molecule has 27 heavy (non-hydrogen) atoms. The molecule has 140 valence electrons. The first-order valence-electron chi connectivity index (χ1n) is 8.87. The summed E-state index contributed by atoms with van der Waals surface area (Å²) in [7, 11) is 0. The van der Waals surface area contributed by atoms with Gasteiger partial charge in [-0.1, -0.05) is 19.9 Å². The highest BCUT2D eigenvalue weighted by atomic mass is 15.3. The van der Waals surface area contributed by atoms with Crippen molar-refractivity contribution in [2.45, 2.75) is 38.1 Å². The average Bonchev–Trinajstić information content (AvgIpc) is 2.90. The lowest BCUT2D eigenvalue weighted by molar-refractivity contribution is 0.501. The number of allylic oxidation sites excluding steroid dienone is 1. The van der Waals surface area contributed by atoms with E-state index in [-0.39, 0.29) is 5.41 Å². The molecule has 2 aromatic rings. The predicted molar refractivity (Wildman–Crippen MR) is 104 cm³/mol. The Morgan fingerprint density at radius 1 is 1.11 bits per heavy atom. The van der Waals surface area contributed by atoms with Crippen LogP contribution < -0.4 is 22.1 Å². The monoisotopic (exact) mass is 364 g/mol. The van der Waals surface area contributed by atoms with Crippen molar-refractivity contribution in [3.63, 3.8) is 0 Å². The Bertz CT molecular complexity index is 977. The van der Waals surface area contributed by atoms with E-state index in [2.05, 4.69) is 39.8 Å². The van der Waals surface area contributed by atoms with Gasteiger partial charge >= 0.3 is 0 Å². The number of nitrogens with two attached hydrogens (primary N) is 3. The first-order valence-corrected chi connectivity index (χ1v) is 8.87. The lowest BCUT2D eigenvalue weighted by Gasteiger charge is -2.28. The van der Waals surface area contributed by atoms with E-state index in [4.69, 9.17) is 22.2 Å². The smallest absolute Gasteiger partial charge is 0.233 e. The summed E-state index contributed by atoms with van der Waals surface area (Å²) in [6.45, 7) is 7.06. The quantitative estimate of drug-likeness (QED) is 0.725. The highest BCUT2D eigenvalue weighted by Gasteiger charge is 2.39. The van der Waals surface area contributed by atoms with Gasteiger partial charge in [0.2, 0.25) is 5.95 Å². The molecular formula is C19H24N8. The van der Waals surface area contributed by atoms with E-state index < -0.39 is 5.54 Å². The molecule has 0 radical (unpaired) electrons. The number of fused-ring (bicyclic) bond motifs is 1. The number of hydrogen-bond acceptors (Lipinski definition) is 8. The maximum Gasteiger partial charge on any atom is 0.233 e. The van der Waals surface area contributed by atoms with E-state index in [0.717, 1.165) is 23.6 Å². The van der Waals surface area contributed by atoms with Gasteiger partial charge in [-0.05, 0) is 25.1 Å². The Kier molecular flexibility index (Phi) is 3.71. The van der Waals surface area contributed by atoms with E-state index in [0.29, 0.717) is 29.6 Å². The van der Waals surface area contributed by atoms with Crippen molar-refractivity contribution in [3.05, 3.63) is 59.2 Å². The minimum Gasteiger partial charge on any atom is -0.400 e. The van der Waals surface area contributed by atoms with E-state index in [9.17, 15) is 0 Å². The normalized spacial score (nSPS) is 23.6. The Balaban J connectivity index is 1.74. The lowest BCUT2D eigenvalue weighted by Crippen LogP contribution is -2.41. The van der Waals surface area contributed by atoms with E-state index >= 15 is 0 Å². The van der Waals surface area contributed by atoms with Gasteiger partial charge < -0.3 is 22.1 Å². The third-order valence-electron chi connectivity index (χ3n) is 5.13. The van der Waals surface area contributed by atoms with Gasteiger partial charge in [0.15, 0.2) is 5.82 Å². The zero-order chi connectivity index (χ0) is 19.4. The maximum absolute atomic E-state index is 6.53. The molecule has 0 aromatic carbocycles. The van der Waals surface area contributed by atoms with Gasteiger partial charge in [-0.2, -0.15) is 4.98 Å². The fraction of sp³-hybridized carbons (Fsp3) is 0.368. The zero-order valence-corrected chi connectivity index (χ0v) is 15.8. The van der Waals surface area contributed by atoms with Crippen molar-refractivity contribution in [2.75, 3.05) is 11.4 Å². The second-order valence-corrected chi connectivity index (χ2v) is 7.93. The highest BCUT2D eigenvalue weighted by molar-refractivity contribution is 5.67. The van der Waals surface area contributed by atoms with E-state index in [1.807, 2.05) is 13.0 Å². The molecule has 0 amide bonds. The van der Waals surface area contributed by atoms with Crippen LogP contribution in [0.3, 0.4) is 0 Å². The van der Waals surface area contributed by atoms with Gasteiger partial charge in [-0.25, -0.2) is 9.97 Å². The summed E-state index contributed by atoms with van der Waals surface area (Å²) in [5.74, 6) is 1.02. The van der Waals surface area contributed by atoms with E-state index in [1.165, 1.54) is 6.33 Å². The minimum atomic E-state index is -0.908. The van der Waals surface area contributed by atoms with Crippen LogP contribution in [0.5, 0.6) is 0 Å². The summed E-state index contributed by atoms with van der Waals surface area (Å²) in [5.41, 5.74) is 21.5. The molecule has 1 unspecified atom stereocenters. The van der Waals surface area contributed by atoms with Crippen molar-refractivity contribution >= 4 is 11.6 Å². The number of nitrogens with zero attached hydrogens (tertiary/aromatic N) is 5. The molecule has 8 heteroatoms. The number of hydrogen-bond donors (Lipinski definition) is 3. The Morgan fingerprint density at radius 2 is 1.89 bits per heavy atom. The molecule has 0 bridgehead atoms. The Hall–Kier alpha value is -3.00. The molecule has 4 rings (SSSR count). The SMILES string of the molecule is Cc1ccc2c(n1)C(C)(C)CN2c1ncnc(C2(N)C=CC(N)=C(N)C2)n1. The molecule has 6 N–H and O–H groups in total. The summed E-state index contributed by atoms with van der Waals surface area (Å²) < 4.78 is 0. The van der Waals surface area contributed by atoms with Crippen molar-refractivity contribution in [1.82, 2.24) is 19.9 Å². The third kappa shape index (κ3) is 2.82. The van der Waals surface area contributed by atoms with Crippen molar-refractivity contribution < 1.29 is 0 Å². The van der Waals surface area contributed by atoms with Gasteiger partial charge in [0, 0.05) is 29.8 Å². The molecule has 2 aliphatic rings. The third-order valence-corrected chi connectivity index (χ3v) is 5.13. The minimum absolute atomic E-state index is 0.110. The highest BCUT2D eigenvalue weighted by Crippen LogP contribution is 2.42. The zero-order valence-electron chi connectivity index (χ0n) is 15.8. The van der Waals surface area contributed by atoms with Crippen LogP contribution in [0.1, 0.15) is 37.5 Å². The summed E-state index contributed by atoms with van der Waals surface area (Å²) >= 11 is 0. The van der Waals surface area contributed by atoms with Gasteiger partial charge in [0.05, 0.1) is 17.1 Å². The summed E-state index contributed by atoms with van der Waals surface area (Å²) in [6.07, 6.45) is 5.36. The molecule has 8 nitrogen and oxygen atoms in total. The van der Waals surface area contributed by atoms with Gasteiger partial charge in [-0.3, -0.25) is 4.98 Å². The number of rotatable bonds is 2. The summed E-state index contributed by atoms with van der Waals surface area (Å²) in [6, 6.07) is 4.06. The fourth-order valence-corrected chi connectivity index (χ4v) is 3.62. The Labute approximate surface area is 158 Å². The van der Waals surface area contributed by atoms with Crippen LogP contribution in [0.2, 0.25) is 0 Å². The van der Waals surface area contributed by atoms with Crippen LogP contribution in [0.15, 0.2) is 42.0 Å². The van der Waals surface area contributed by atoms with Crippen LogP contribution in [0, 0.1) is 6.92 Å². The van der Waals surface area contributed by atoms with Crippen LogP contribution in [-0.4, -0.2) is 26.5 Å². The molecule has 1 atom stereocenters. The van der Waals surface area contributed by atoms with Gasteiger partial charge in [0.25, 0.3) is 0 Å². The standard InChI is InChI=1S/C19H24N8/c1-11-4-5-14-15(25-11)18(2,3)9-27(14)17-24-10-23-16(26-17)19(22)7-6-12(20)13(21)8-19/h4-7,10H,8-9,20-22H2,1-3H3. The first kappa shape index (κ1) is 17.4. The van der Waals surface area contributed by atoms with Crippen molar-refractivity contribution in [2.24, 2.45) is 17.2 Å². The van der Waals surface area contributed by atoms with Gasteiger partial charge in [0.1, 0.15) is 11.9 Å². The molecule has 0 spiro atoms. The fourth-order valence-electron chi connectivity index (χ4n) is 3.62. The first-order chi connectivity index (χ1) is 12.7. The van der Waals surface area contributed by atoms with Crippen LogP contribution in [-0.2, 0) is 11.0 Å². The largest absolute Gasteiger partial charge is 0.400 e. The summed E-state index contributed by atoms with van der Waals surface area (Å²) in [5, 5.41) is 0. The van der Waals surface area contributed by atoms with Crippen molar-refractivity contribution in [1.29, 1.82) is 0 Å². The molecule has 1 aliphatic carbocycles. The second kappa shape index (κ2) is 5.75.